The van der Waals surface area contributed by atoms with E-state index in [2.05, 4.69) is 22.0 Å². The van der Waals surface area contributed by atoms with Gasteiger partial charge < -0.3 is 4.90 Å². The summed E-state index contributed by atoms with van der Waals surface area (Å²) < 4.78 is 1.08. The van der Waals surface area contributed by atoms with Crippen molar-refractivity contribution in [3.8, 4) is 0 Å². The number of nitrogens with zero attached hydrogens (tertiary/aromatic N) is 1. The highest BCUT2D eigenvalue weighted by Crippen LogP contribution is 2.46. The second kappa shape index (κ2) is 3.84. The van der Waals surface area contributed by atoms with Crippen LogP contribution in [0.1, 0.15) is 41.6 Å². The molecule has 3 heteroatoms. The fraction of sp³-hybridized carbons (Fsp3) is 0.500. The Morgan fingerprint density at radius 3 is 2.71 bits per heavy atom. The molecular formula is C14H16BrNO. The maximum absolute atomic E-state index is 12.2. The number of carbonyl (C=O) groups excluding carboxylic acids is 1. The minimum atomic E-state index is 0.171. The summed E-state index contributed by atoms with van der Waals surface area (Å²) in [4.78, 5) is 14.1. The van der Waals surface area contributed by atoms with Crippen LogP contribution in [-0.2, 0) is 5.41 Å². The number of likely N-dealkylation sites (N-methyl/N-ethyl adjacent to an activating group) is 1. The quantitative estimate of drug-likeness (QED) is 0.718. The highest BCUT2D eigenvalue weighted by molar-refractivity contribution is 9.10. The van der Waals surface area contributed by atoms with Gasteiger partial charge in [-0.1, -0.05) is 28.8 Å². The van der Waals surface area contributed by atoms with Crippen molar-refractivity contribution < 1.29 is 4.79 Å². The summed E-state index contributed by atoms with van der Waals surface area (Å²) in [5, 5.41) is 0. The van der Waals surface area contributed by atoms with Crippen LogP contribution in [0.25, 0.3) is 0 Å². The van der Waals surface area contributed by atoms with Crippen LogP contribution in [0, 0.1) is 0 Å². The van der Waals surface area contributed by atoms with Gasteiger partial charge in [0.25, 0.3) is 5.91 Å². The average Bonchev–Trinajstić information content (AvgIpc) is 2.76. The molecule has 17 heavy (non-hydrogen) atoms. The van der Waals surface area contributed by atoms with Crippen molar-refractivity contribution in [3.63, 3.8) is 0 Å². The van der Waals surface area contributed by atoms with Gasteiger partial charge in [-0.3, -0.25) is 4.79 Å². The van der Waals surface area contributed by atoms with Crippen molar-refractivity contribution in [2.75, 3.05) is 13.6 Å². The largest absolute Gasteiger partial charge is 0.341 e. The predicted molar refractivity (Wildman–Crippen MR) is 71.2 cm³/mol. The van der Waals surface area contributed by atoms with Crippen molar-refractivity contribution in [1.29, 1.82) is 0 Å². The SMILES string of the molecule is CN1CC2(CCCC2)c2cc(Br)ccc2C1=O. The van der Waals surface area contributed by atoms with Gasteiger partial charge in [0.05, 0.1) is 0 Å². The number of rotatable bonds is 0. The second-order valence-corrected chi connectivity index (χ2v) is 6.25. The molecule has 0 saturated heterocycles. The zero-order chi connectivity index (χ0) is 12.0. The maximum atomic E-state index is 12.2. The molecule has 0 atom stereocenters. The van der Waals surface area contributed by atoms with Gasteiger partial charge in [-0.05, 0) is 36.6 Å². The predicted octanol–water partition coefficient (Wildman–Crippen LogP) is 3.35. The van der Waals surface area contributed by atoms with Crippen molar-refractivity contribution >= 4 is 21.8 Å². The van der Waals surface area contributed by atoms with Gasteiger partial charge in [-0.25, -0.2) is 0 Å². The molecule has 0 N–H and O–H groups in total. The molecule has 1 aromatic carbocycles. The van der Waals surface area contributed by atoms with Gasteiger partial charge in [0, 0.05) is 29.0 Å². The Morgan fingerprint density at radius 2 is 2.00 bits per heavy atom. The Hall–Kier alpha value is -0.830. The fourth-order valence-corrected chi connectivity index (χ4v) is 3.80. The van der Waals surface area contributed by atoms with Gasteiger partial charge >= 0.3 is 0 Å². The molecule has 0 bridgehead atoms. The number of hydrogen-bond acceptors (Lipinski definition) is 1. The molecule has 1 spiro atoms. The zero-order valence-corrected chi connectivity index (χ0v) is 11.6. The Labute approximate surface area is 110 Å². The third-order valence-electron chi connectivity index (χ3n) is 4.23. The summed E-state index contributed by atoms with van der Waals surface area (Å²) in [6, 6.07) is 6.10. The third-order valence-corrected chi connectivity index (χ3v) is 4.72. The average molecular weight is 294 g/mol. The van der Waals surface area contributed by atoms with E-state index < -0.39 is 0 Å². The molecule has 1 aliphatic carbocycles. The lowest BCUT2D eigenvalue weighted by Crippen LogP contribution is -2.46. The van der Waals surface area contributed by atoms with Crippen molar-refractivity contribution in [2.45, 2.75) is 31.1 Å². The Morgan fingerprint density at radius 1 is 1.29 bits per heavy atom. The van der Waals surface area contributed by atoms with Crippen LogP contribution in [0.4, 0.5) is 0 Å². The molecule has 0 aromatic heterocycles. The molecule has 1 amide bonds. The summed E-state index contributed by atoms with van der Waals surface area (Å²) >= 11 is 3.53. The minimum absolute atomic E-state index is 0.171. The van der Waals surface area contributed by atoms with Crippen LogP contribution in [0.5, 0.6) is 0 Å². The molecule has 0 unspecified atom stereocenters. The van der Waals surface area contributed by atoms with Crippen LogP contribution in [0.15, 0.2) is 22.7 Å². The molecule has 1 fully saturated rings. The number of hydrogen-bond donors (Lipinski definition) is 0. The van der Waals surface area contributed by atoms with Crippen LogP contribution in [-0.4, -0.2) is 24.4 Å². The summed E-state index contributed by atoms with van der Waals surface area (Å²) in [5.74, 6) is 0.171. The minimum Gasteiger partial charge on any atom is -0.341 e. The lowest BCUT2D eigenvalue weighted by atomic mass is 9.74. The molecule has 90 valence electrons. The number of carbonyl (C=O) groups is 1. The van der Waals surface area contributed by atoms with E-state index in [0.717, 1.165) is 16.6 Å². The maximum Gasteiger partial charge on any atom is 0.253 e. The molecule has 1 aliphatic heterocycles. The number of amides is 1. The third kappa shape index (κ3) is 1.63. The smallest absolute Gasteiger partial charge is 0.253 e. The van der Waals surface area contributed by atoms with Gasteiger partial charge in [-0.15, -0.1) is 0 Å². The lowest BCUT2D eigenvalue weighted by molar-refractivity contribution is 0.0723. The number of benzene rings is 1. The molecular weight excluding hydrogens is 278 g/mol. The van der Waals surface area contributed by atoms with Gasteiger partial charge in [0.1, 0.15) is 0 Å². The van der Waals surface area contributed by atoms with Crippen molar-refractivity contribution in [2.24, 2.45) is 0 Å². The molecule has 1 aromatic rings. The summed E-state index contributed by atoms with van der Waals surface area (Å²) in [7, 11) is 1.92. The van der Waals surface area contributed by atoms with E-state index in [0.29, 0.717) is 0 Å². The van der Waals surface area contributed by atoms with Crippen LogP contribution in [0.3, 0.4) is 0 Å². The first-order valence-corrected chi connectivity index (χ1v) is 6.97. The summed E-state index contributed by atoms with van der Waals surface area (Å²) in [5.41, 5.74) is 2.40. The van der Waals surface area contributed by atoms with Crippen LogP contribution >= 0.6 is 15.9 Å². The first kappa shape index (κ1) is 11.3. The zero-order valence-electron chi connectivity index (χ0n) is 10.0. The fourth-order valence-electron chi connectivity index (χ4n) is 3.44. The Kier molecular flexibility index (Phi) is 2.54. The van der Waals surface area contributed by atoms with E-state index >= 15 is 0 Å². The molecule has 1 saturated carbocycles. The molecule has 2 nitrogen and oxygen atoms in total. The molecule has 1 heterocycles. The highest BCUT2D eigenvalue weighted by atomic mass is 79.9. The number of fused-ring (bicyclic) bond motifs is 2. The van der Waals surface area contributed by atoms with E-state index in [4.69, 9.17) is 0 Å². The standard InChI is InChI=1S/C14H16BrNO/c1-16-9-14(6-2-3-7-14)12-8-10(15)4-5-11(12)13(16)17/h4-5,8H,2-3,6-7,9H2,1H3. The lowest BCUT2D eigenvalue weighted by Gasteiger charge is -2.40. The van der Waals surface area contributed by atoms with Crippen molar-refractivity contribution in [3.05, 3.63) is 33.8 Å². The summed E-state index contributed by atoms with van der Waals surface area (Å²) in [6.07, 6.45) is 5.00. The normalized spacial score (nSPS) is 22.0. The van der Waals surface area contributed by atoms with Gasteiger partial charge in [0.15, 0.2) is 0 Å². The first-order valence-electron chi connectivity index (χ1n) is 6.18. The second-order valence-electron chi connectivity index (χ2n) is 5.34. The van der Waals surface area contributed by atoms with Gasteiger partial charge in [0.2, 0.25) is 0 Å². The van der Waals surface area contributed by atoms with Crippen molar-refractivity contribution in [1.82, 2.24) is 4.90 Å². The first-order chi connectivity index (χ1) is 8.12. The van der Waals surface area contributed by atoms with Gasteiger partial charge in [-0.2, -0.15) is 0 Å². The van der Waals surface area contributed by atoms with E-state index in [1.807, 2.05) is 24.1 Å². The van der Waals surface area contributed by atoms with E-state index in [1.54, 1.807) is 0 Å². The Bertz CT molecular complexity index is 477. The highest BCUT2D eigenvalue weighted by Gasteiger charge is 2.43. The van der Waals surface area contributed by atoms with Crippen LogP contribution in [0.2, 0.25) is 0 Å². The Balaban J connectivity index is 2.19. The summed E-state index contributed by atoms with van der Waals surface area (Å²) in [6.45, 7) is 0.884. The topological polar surface area (TPSA) is 20.3 Å². The molecule has 0 radical (unpaired) electrons. The van der Waals surface area contributed by atoms with E-state index in [9.17, 15) is 4.79 Å². The van der Waals surface area contributed by atoms with E-state index in [-0.39, 0.29) is 11.3 Å². The monoisotopic (exact) mass is 293 g/mol. The number of halogens is 1. The molecule has 3 rings (SSSR count). The molecule has 2 aliphatic rings. The van der Waals surface area contributed by atoms with E-state index in [1.165, 1.54) is 31.2 Å². The van der Waals surface area contributed by atoms with Crippen LogP contribution < -0.4 is 0 Å².